The van der Waals surface area contributed by atoms with Crippen molar-refractivity contribution in [2.75, 3.05) is 19.6 Å². The zero-order chi connectivity index (χ0) is 12.5. The van der Waals surface area contributed by atoms with E-state index in [0.29, 0.717) is 12.5 Å². The van der Waals surface area contributed by atoms with Crippen molar-refractivity contribution in [2.24, 2.45) is 4.99 Å². The third-order valence-electron chi connectivity index (χ3n) is 2.25. The molecule has 0 amide bonds. The summed E-state index contributed by atoms with van der Waals surface area (Å²) in [5.74, 6) is 3.77. The van der Waals surface area contributed by atoms with Crippen LogP contribution in [0, 0.1) is 12.3 Å². The molecule has 1 rings (SSSR count). The van der Waals surface area contributed by atoms with Gasteiger partial charge in [-0.25, -0.2) is 0 Å². The molecule has 1 atom stereocenters. The van der Waals surface area contributed by atoms with Crippen molar-refractivity contribution in [1.29, 1.82) is 0 Å². The third kappa shape index (κ3) is 4.92. The number of hydrogen-bond acceptors (Lipinski definition) is 2. The van der Waals surface area contributed by atoms with Crippen molar-refractivity contribution in [1.82, 2.24) is 10.6 Å². The molecule has 0 spiro atoms. The van der Waals surface area contributed by atoms with E-state index in [1.54, 1.807) is 11.3 Å². The molecule has 0 aliphatic rings. The van der Waals surface area contributed by atoms with Gasteiger partial charge in [0.25, 0.3) is 0 Å². The zero-order valence-electron chi connectivity index (χ0n) is 10.4. The van der Waals surface area contributed by atoms with Crippen LogP contribution in [0.3, 0.4) is 0 Å². The van der Waals surface area contributed by atoms with Gasteiger partial charge in [-0.1, -0.05) is 18.9 Å². The minimum absolute atomic E-state index is 0.441. The molecule has 0 aromatic carbocycles. The molecular formula is C13H19N3S. The molecule has 2 N–H and O–H groups in total. The molecule has 0 saturated heterocycles. The van der Waals surface area contributed by atoms with E-state index in [1.165, 1.54) is 4.88 Å². The Kier molecular flexibility index (Phi) is 6.19. The van der Waals surface area contributed by atoms with Crippen molar-refractivity contribution in [2.45, 2.75) is 19.8 Å². The van der Waals surface area contributed by atoms with E-state index in [9.17, 15) is 0 Å². The van der Waals surface area contributed by atoms with Crippen molar-refractivity contribution in [3.8, 4) is 12.3 Å². The summed E-state index contributed by atoms with van der Waals surface area (Å²) in [5.41, 5.74) is 0. The normalized spacial score (nSPS) is 12.9. The van der Waals surface area contributed by atoms with Crippen molar-refractivity contribution in [3.63, 3.8) is 0 Å². The molecule has 17 heavy (non-hydrogen) atoms. The van der Waals surface area contributed by atoms with Crippen LogP contribution < -0.4 is 10.6 Å². The van der Waals surface area contributed by atoms with Crippen LogP contribution in [0.15, 0.2) is 22.5 Å². The van der Waals surface area contributed by atoms with Gasteiger partial charge in [0.1, 0.15) is 0 Å². The summed E-state index contributed by atoms with van der Waals surface area (Å²) in [6, 6.07) is 4.22. The number of terminal acetylenes is 1. The fourth-order valence-electron chi connectivity index (χ4n) is 1.37. The highest BCUT2D eigenvalue weighted by atomic mass is 32.1. The van der Waals surface area contributed by atoms with Gasteiger partial charge in [-0.15, -0.1) is 17.8 Å². The SMILES string of the molecule is C#CCNC(=NCC(C)c1cccs1)NCC. The van der Waals surface area contributed by atoms with Crippen LogP contribution in [-0.2, 0) is 0 Å². The number of nitrogens with zero attached hydrogens (tertiary/aromatic N) is 1. The van der Waals surface area contributed by atoms with Crippen LogP contribution in [0.2, 0.25) is 0 Å². The molecule has 0 saturated carbocycles. The second kappa shape index (κ2) is 7.75. The predicted molar refractivity (Wildman–Crippen MR) is 75.5 cm³/mol. The van der Waals surface area contributed by atoms with E-state index < -0.39 is 0 Å². The van der Waals surface area contributed by atoms with Crippen LogP contribution in [0.1, 0.15) is 24.6 Å². The summed E-state index contributed by atoms with van der Waals surface area (Å²) in [7, 11) is 0. The van der Waals surface area contributed by atoms with Gasteiger partial charge in [0, 0.05) is 17.3 Å². The van der Waals surface area contributed by atoms with E-state index in [1.807, 2.05) is 6.92 Å². The molecule has 4 heteroatoms. The molecule has 0 aliphatic heterocycles. The maximum Gasteiger partial charge on any atom is 0.192 e. The quantitative estimate of drug-likeness (QED) is 0.476. The fraction of sp³-hybridized carbons (Fsp3) is 0.462. The van der Waals surface area contributed by atoms with Gasteiger partial charge < -0.3 is 10.6 Å². The number of hydrogen-bond donors (Lipinski definition) is 2. The molecular weight excluding hydrogens is 230 g/mol. The monoisotopic (exact) mass is 249 g/mol. The second-order valence-electron chi connectivity index (χ2n) is 3.69. The minimum atomic E-state index is 0.441. The van der Waals surface area contributed by atoms with Crippen LogP contribution in [0.25, 0.3) is 0 Å². The Hall–Kier alpha value is -1.47. The number of nitrogens with one attached hydrogen (secondary N) is 2. The summed E-state index contributed by atoms with van der Waals surface area (Å²) in [4.78, 5) is 5.87. The highest BCUT2D eigenvalue weighted by Gasteiger charge is 2.05. The van der Waals surface area contributed by atoms with Gasteiger partial charge in [-0.3, -0.25) is 4.99 Å². The lowest BCUT2D eigenvalue weighted by Crippen LogP contribution is -2.37. The zero-order valence-corrected chi connectivity index (χ0v) is 11.2. The molecule has 1 unspecified atom stereocenters. The molecule has 92 valence electrons. The Morgan fingerprint density at radius 3 is 3.00 bits per heavy atom. The largest absolute Gasteiger partial charge is 0.357 e. The fourth-order valence-corrected chi connectivity index (χ4v) is 2.14. The van der Waals surface area contributed by atoms with Crippen LogP contribution >= 0.6 is 11.3 Å². The first kappa shape index (κ1) is 13.6. The maximum absolute atomic E-state index is 5.21. The summed E-state index contributed by atoms with van der Waals surface area (Å²) in [6.07, 6.45) is 5.21. The number of guanidine groups is 1. The Bertz CT molecular complexity index is 376. The summed E-state index contributed by atoms with van der Waals surface area (Å²) in [6.45, 7) is 6.32. The lowest BCUT2D eigenvalue weighted by Gasteiger charge is -2.11. The first-order valence-corrected chi connectivity index (χ1v) is 6.65. The lowest BCUT2D eigenvalue weighted by atomic mass is 10.1. The highest BCUT2D eigenvalue weighted by molar-refractivity contribution is 7.10. The molecule has 0 bridgehead atoms. The third-order valence-corrected chi connectivity index (χ3v) is 3.36. The molecule has 0 radical (unpaired) electrons. The van der Waals surface area contributed by atoms with Crippen LogP contribution in [-0.4, -0.2) is 25.6 Å². The van der Waals surface area contributed by atoms with Gasteiger partial charge in [0.05, 0.1) is 13.1 Å². The average Bonchev–Trinajstić information content (AvgIpc) is 2.86. The molecule has 1 aromatic heterocycles. The van der Waals surface area contributed by atoms with Gasteiger partial charge in [0.2, 0.25) is 0 Å². The highest BCUT2D eigenvalue weighted by Crippen LogP contribution is 2.20. The number of thiophene rings is 1. The standard InChI is InChI=1S/C13H19N3S/c1-4-8-15-13(14-5-2)16-10-11(3)12-7-6-9-17-12/h1,6-7,9,11H,5,8,10H2,2-3H3,(H2,14,15,16). The molecule has 0 fully saturated rings. The van der Waals surface area contributed by atoms with E-state index in [-0.39, 0.29) is 0 Å². The second-order valence-corrected chi connectivity index (χ2v) is 4.67. The Balaban J connectivity index is 2.50. The maximum atomic E-state index is 5.21. The van der Waals surface area contributed by atoms with Crippen molar-refractivity contribution >= 4 is 17.3 Å². The smallest absolute Gasteiger partial charge is 0.192 e. The summed E-state index contributed by atoms with van der Waals surface area (Å²) < 4.78 is 0. The van der Waals surface area contributed by atoms with Crippen LogP contribution in [0.5, 0.6) is 0 Å². The molecule has 1 heterocycles. The molecule has 3 nitrogen and oxygen atoms in total. The Labute approximate surface area is 107 Å². The summed E-state index contributed by atoms with van der Waals surface area (Å²) in [5, 5.41) is 8.34. The Morgan fingerprint density at radius 2 is 2.41 bits per heavy atom. The average molecular weight is 249 g/mol. The first-order chi connectivity index (χ1) is 8.27. The van der Waals surface area contributed by atoms with Crippen LogP contribution in [0.4, 0.5) is 0 Å². The molecule has 0 aliphatic carbocycles. The van der Waals surface area contributed by atoms with E-state index in [0.717, 1.165) is 19.0 Å². The van der Waals surface area contributed by atoms with Gasteiger partial charge in [-0.2, -0.15) is 0 Å². The van der Waals surface area contributed by atoms with E-state index in [4.69, 9.17) is 6.42 Å². The first-order valence-electron chi connectivity index (χ1n) is 5.77. The van der Waals surface area contributed by atoms with Crippen molar-refractivity contribution in [3.05, 3.63) is 22.4 Å². The van der Waals surface area contributed by atoms with Gasteiger partial charge in [-0.05, 0) is 18.4 Å². The number of aliphatic imine (C=N–C) groups is 1. The van der Waals surface area contributed by atoms with Crippen molar-refractivity contribution < 1.29 is 0 Å². The van der Waals surface area contributed by atoms with Gasteiger partial charge in [0.15, 0.2) is 5.96 Å². The topological polar surface area (TPSA) is 36.4 Å². The number of rotatable bonds is 5. The lowest BCUT2D eigenvalue weighted by molar-refractivity contribution is 0.770. The minimum Gasteiger partial charge on any atom is -0.357 e. The summed E-state index contributed by atoms with van der Waals surface area (Å²) >= 11 is 1.77. The van der Waals surface area contributed by atoms with Gasteiger partial charge >= 0.3 is 0 Å². The molecule has 1 aromatic rings. The predicted octanol–water partition coefficient (Wildman–Crippen LogP) is 2.04. The Morgan fingerprint density at radius 1 is 1.59 bits per heavy atom. The van der Waals surface area contributed by atoms with E-state index in [2.05, 4.69) is 46.0 Å². The van der Waals surface area contributed by atoms with E-state index >= 15 is 0 Å².